The van der Waals surface area contributed by atoms with Gasteiger partial charge in [-0.05, 0) is 55.7 Å². The zero-order chi connectivity index (χ0) is 14.7. The highest BCUT2D eigenvalue weighted by atomic mass is 16.5. The first-order valence-electron chi connectivity index (χ1n) is 8.34. The zero-order valence-corrected chi connectivity index (χ0v) is 13.4. The third-order valence-electron chi connectivity index (χ3n) is 4.63. The monoisotopic (exact) mass is 288 g/mol. The van der Waals surface area contributed by atoms with Crippen LogP contribution in [0.2, 0.25) is 0 Å². The molecule has 0 aromatic heterocycles. The topological polar surface area (TPSA) is 24.5 Å². The Morgan fingerprint density at radius 3 is 2.81 bits per heavy atom. The summed E-state index contributed by atoms with van der Waals surface area (Å²) in [6, 6.07) is 7.66. The van der Waals surface area contributed by atoms with Crippen molar-refractivity contribution < 1.29 is 4.74 Å². The molecule has 3 heteroatoms. The Kier molecular flexibility index (Phi) is 4.81. The Hall–Kier alpha value is -1.06. The van der Waals surface area contributed by atoms with Crippen LogP contribution in [0, 0.1) is 12.8 Å². The van der Waals surface area contributed by atoms with Crippen molar-refractivity contribution in [1.29, 1.82) is 0 Å². The Bertz CT molecular complexity index is 464. The second-order valence-electron chi connectivity index (χ2n) is 6.74. The molecule has 1 aliphatic heterocycles. The van der Waals surface area contributed by atoms with E-state index in [2.05, 4.69) is 42.4 Å². The average Bonchev–Trinajstić information content (AvgIpc) is 3.30. The average molecular weight is 288 g/mol. The quantitative estimate of drug-likeness (QED) is 0.870. The largest absolute Gasteiger partial charge is 0.381 e. The lowest BCUT2D eigenvalue weighted by molar-refractivity contribution is 0.0576. The van der Waals surface area contributed by atoms with E-state index in [1.165, 1.54) is 42.5 Å². The predicted octanol–water partition coefficient (Wildman–Crippen LogP) is 3.11. The molecule has 1 aliphatic carbocycles. The van der Waals surface area contributed by atoms with Crippen LogP contribution in [0.15, 0.2) is 18.2 Å². The third kappa shape index (κ3) is 4.21. The Morgan fingerprint density at radius 2 is 2.14 bits per heavy atom. The second kappa shape index (κ2) is 6.80. The minimum atomic E-state index is 0.680. The van der Waals surface area contributed by atoms with E-state index in [0.29, 0.717) is 5.92 Å². The molecule has 1 aromatic rings. The maximum atomic E-state index is 5.59. The van der Waals surface area contributed by atoms with Crippen LogP contribution >= 0.6 is 0 Å². The van der Waals surface area contributed by atoms with Gasteiger partial charge in [-0.25, -0.2) is 0 Å². The Balaban J connectivity index is 1.57. The van der Waals surface area contributed by atoms with Crippen molar-refractivity contribution >= 4 is 5.69 Å². The highest BCUT2D eigenvalue weighted by molar-refractivity contribution is 5.54. The molecule has 0 spiro atoms. The molecule has 0 amide bonds. The van der Waals surface area contributed by atoms with Crippen molar-refractivity contribution in [3.05, 3.63) is 29.3 Å². The van der Waals surface area contributed by atoms with Crippen LogP contribution in [-0.4, -0.2) is 32.8 Å². The van der Waals surface area contributed by atoms with Gasteiger partial charge in [-0.15, -0.1) is 0 Å². The smallest absolute Gasteiger partial charge is 0.0511 e. The Morgan fingerprint density at radius 1 is 1.29 bits per heavy atom. The van der Waals surface area contributed by atoms with Crippen LogP contribution in [0.25, 0.3) is 0 Å². The number of ether oxygens (including phenoxy) is 1. The normalized spacial score (nSPS) is 22.3. The Labute approximate surface area is 128 Å². The molecule has 1 aromatic carbocycles. The van der Waals surface area contributed by atoms with Gasteiger partial charge in [0, 0.05) is 38.5 Å². The summed E-state index contributed by atoms with van der Waals surface area (Å²) >= 11 is 0. The van der Waals surface area contributed by atoms with Crippen molar-refractivity contribution in [2.75, 3.05) is 31.7 Å². The van der Waals surface area contributed by atoms with Crippen molar-refractivity contribution in [1.82, 2.24) is 5.32 Å². The standard InChI is InChI=1S/C18H28N2O/c1-14-10-15(11-19-17-6-7-17)5-8-18(14)20(2)12-16-4-3-9-21-13-16/h5,8,10,16-17,19H,3-4,6-7,9,11-13H2,1-2H3. The number of hydrogen-bond donors (Lipinski definition) is 1. The molecule has 1 atom stereocenters. The molecule has 1 saturated carbocycles. The zero-order valence-electron chi connectivity index (χ0n) is 13.4. The number of rotatable bonds is 6. The van der Waals surface area contributed by atoms with E-state index in [1.54, 1.807) is 0 Å². The van der Waals surface area contributed by atoms with Gasteiger partial charge in [-0.1, -0.05) is 12.1 Å². The van der Waals surface area contributed by atoms with E-state index < -0.39 is 0 Å². The molecule has 1 unspecified atom stereocenters. The molecule has 2 aliphatic rings. The minimum Gasteiger partial charge on any atom is -0.381 e. The van der Waals surface area contributed by atoms with Gasteiger partial charge in [-0.3, -0.25) is 0 Å². The van der Waals surface area contributed by atoms with Crippen molar-refractivity contribution in [3.63, 3.8) is 0 Å². The molecule has 0 bridgehead atoms. The molecule has 2 fully saturated rings. The maximum absolute atomic E-state index is 5.59. The molecule has 1 N–H and O–H groups in total. The molecule has 21 heavy (non-hydrogen) atoms. The summed E-state index contributed by atoms with van der Waals surface area (Å²) < 4.78 is 5.59. The molecular weight excluding hydrogens is 260 g/mol. The van der Waals surface area contributed by atoms with Gasteiger partial charge in [0.2, 0.25) is 0 Å². The van der Waals surface area contributed by atoms with Crippen molar-refractivity contribution in [3.8, 4) is 0 Å². The lowest BCUT2D eigenvalue weighted by Crippen LogP contribution is -2.31. The van der Waals surface area contributed by atoms with Crippen molar-refractivity contribution in [2.45, 2.75) is 45.2 Å². The van der Waals surface area contributed by atoms with Crippen LogP contribution in [0.5, 0.6) is 0 Å². The van der Waals surface area contributed by atoms with E-state index >= 15 is 0 Å². The summed E-state index contributed by atoms with van der Waals surface area (Å²) in [5.41, 5.74) is 4.14. The van der Waals surface area contributed by atoms with Crippen LogP contribution in [-0.2, 0) is 11.3 Å². The second-order valence-corrected chi connectivity index (χ2v) is 6.74. The number of nitrogens with one attached hydrogen (secondary N) is 1. The number of nitrogens with zero attached hydrogens (tertiary/aromatic N) is 1. The van der Waals surface area contributed by atoms with E-state index in [9.17, 15) is 0 Å². The predicted molar refractivity (Wildman–Crippen MR) is 87.9 cm³/mol. The first-order chi connectivity index (χ1) is 10.2. The molecule has 116 valence electrons. The van der Waals surface area contributed by atoms with Gasteiger partial charge in [0.1, 0.15) is 0 Å². The van der Waals surface area contributed by atoms with Gasteiger partial charge in [0.15, 0.2) is 0 Å². The summed E-state index contributed by atoms with van der Waals surface area (Å²) in [6.07, 6.45) is 5.21. The van der Waals surface area contributed by atoms with Gasteiger partial charge in [0.05, 0.1) is 6.61 Å². The van der Waals surface area contributed by atoms with Gasteiger partial charge in [-0.2, -0.15) is 0 Å². The fraction of sp³-hybridized carbons (Fsp3) is 0.667. The molecule has 1 heterocycles. The number of benzene rings is 1. The van der Waals surface area contributed by atoms with Crippen molar-refractivity contribution in [2.24, 2.45) is 5.92 Å². The van der Waals surface area contributed by atoms with Crippen LogP contribution in [0.4, 0.5) is 5.69 Å². The van der Waals surface area contributed by atoms with E-state index in [-0.39, 0.29) is 0 Å². The van der Waals surface area contributed by atoms with Gasteiger partial charge in [0.25, 0.3) is 0 Å². The summed E-state index contributed by atoms with van der Waals surface area (Å²) in [5.74, 6) is 0.680. The summed E-state index contributed by atoms with van der Waals surface area (Å²) in [4.78, 5) is 2.40. The summed E-state index contributed by atoms with van der Waals surface area (Å²) in [7, 11) is 2.21. The highest BCUT2D eigenvalue weighted by Crippen LogP contribution is 2.24. The maximum Gasteiger partial charge on any atom is 0.0511 e. The van der Waals surface area contributed by atoms with Crippen LogP contribution in [0.1, 0.15) is 36.8 Å². The summed E-state index contributed by atoms with van der Waals surface area (Å²) in [6.45, 7) is 6.20. The highest BCUT2D eigenvalue weighted by Gasteiger charge is 2.20. The first kappa shape index (κ1) is 14.9. The molecule has 0 radical (unpaired) electrons. The number of anilines is 1. The lowest BCUT2D eigenvalue weighted by Gasteiger charge is -2.29. The minimum absolute atomic E-state index is 0.680. The SMILES string of the molecule is Cc1cc(CNC2CC2)ccc1N(C)CC1CCCOC1. The van der Waals surface area contributed by atoms with E-state index in [4.69, 9.17) is 4.74 Å². The molecular formula is C18H28N2O. The van der Waals surface area contributed by atoms with Crippen LogP contribution < -0.4 is 10.2 Å². The van der Waals surface area contributed by atoms with Gasteiger partial charge >= 0.3 is 0 Å². The third-order valence-corrected chi connectivity index (χ3v) is 4.63. The molecule has 3 nitrogen and oxygen atoms in total. The van der Waals surface area contributed by atoms with E-state index in [1.807, 2.05) is 0 Å². The lowest BCUT2D eigenvalue weighted by atomic mass is 10.0. The first-order valence-corrected chi connectivity index (χ1v) is 8.34. The molecule has 1 saturated heterocycles. The van der Waals surface area contributed by atoms with Gasteiger partial charge < -0.3 is 15.0 Å². The number of aryl methyl sites for hydroxylation is 1. The fourth-order valence-corrected chi connectivity index (χ4v) is 3.24. The fourth-order valence-electron chi connectivity index (χ4n) is 3.24. The number of hydrogen-bond acceptors (Lipinski definition) is 3. The summed E-state index contributed by atoms with van der Waals surface area (Å²) in [5, 5.41) is 3.58. The molecule has 3 rings (SSSR count). The van der Waals surface area contributed by atoms with Crippen LogP contribution in [0.3, 0.4) is 0 Å². The van der Waals surface area contributed by atoms with E-state index in [0.717, 1.165) is 32.3 Å².